The minimum absolute atomic E-state index is 0.0946. The Labute approximate surface area is 107 Å². The molecule has 5 nitrogen and oxygen atoms in total. The predicted molar refractivity (Wildman–Crippen MR) is 68.8 cm³/mol. The molecular weight excluding hydrogens is 232 g/mol. The molecule has 0 saturated heterocycles. The molecule has 18 heavy (non-hydrogen) atoms. The molecule has 0 spiro atoms. The van der Waals surface area contributed by atoms with Crippen LogP contribution in [0.1, 0.15) is 15.9 Å². The van der Waals surface area contributed by atoms with Gasteiger partial charge in [0.2, 0.25) is 0 Å². The molecule has 1 rings (SSSR count). The fourth-order valence-corrected chi connectivity index (χ4v) is 1.67. The summed E-state index contributed by atoms with van der Waals surface area (Å²) >= 11 is 0. The van der Waals surface area contributed by atoms with Gasteiger partial charge < -0.3 is 14.9 Å². The number of rotatable bonds is 4. The number of urea groups is 1. The van der Waals surface area contributed by atoms with Crippen LogP contribution >= 0.6 is 0 Å². The van der Waals surface area contributed by atoms with Gasteiger partial charge in [0.25, 0.3) is 0 Å². The number of amides is 2. The van der Waals surface area contributed by atoms with Crippen molar-refractivity contribution in [1.29, 1.82) is 0 Å². The van der Waals surface area contributed by atoms with Crippen molar-refractivity contribution in [1.82, 2.24) is 9.80 Å². The van der Waals surface area contributed by atoms with Gasteiger partial charge in [-0.3, -0.25) is 0 Å². The van der Waals surface area contributed by atoms with Crippen LogP contribution in [0.4, 0.5) is 4.79 Å². The summed E-state index contributed by atoms with van der Waals surface area (Å²) < 4.78 is 0. The van der Waals surface area contributed by atoms with Gasteiger partial charge in [0, 0.05) is 27.7 Å². The van der Waals surface area contributed by atoms with E-state index in [-0.39, 0.29) is 6.03 Å². The number of carboxylic acid groups (broad SMARTS) is 1. The zero-order valence-corrected chi connectivity index (χ0v) is 10.9. The lowest BCUT2D eigenvalue weighted by atomic mass is 10.0. The first-order chi connectivity index (χ1) is 8.43. The van der Waals surface area contributed by atoms with Crippen LogP contribution in [0.15, 0.2) is 24.3 Å². The van der Waals surface area contributed by atoms with Crippen LogP contribution in [0.2, 0.25) is 0 Å². The van der Waals surface area contributed by atoms with Gasteiger partial charge in [-0.2, -0.15) is 0 Å². The van der Waals surface area contributed by atoms with Crippen LogP contribution in [0.3, 0.4) is 0 Å². The second kappa shape index (κ2) is 6.05. The lowest BCUT2D eigenvalue weighted by Crippen LogP contribution is -2.37. The van der Waals surface area contributed by atoms with Gasteiger partial charge in [-0.25, -0.2) is 9.59 Å². The number of carbonyl (C=O) groups is 2. The van der Waals surface area contributed by atoms with Crippen molar-refractivity contribution in [3.05, 3.63) is 35.4 Å². The number of nitrogens with zero attached hydrogens (tertiary/aromatic N) is 2. The van der Waals surface area contributed by atoms with Gasteiger partial charge in [0.05, 0.1) is 5.56 Å². The highest BCUT2D eigenvalue weighted by molar-refractivity contribution is 5.89. The monoisotopic (exact) mass is 250 g/mol. The Bertz CT molecular complexity index is 444. The summed E-state index contributed by atoms with van der Waals surface area (Å²) in [6, 6.07) is 6.75. The third-order valence-electron chi connectivity index (χ3n) is 2.67. The van der Waals surface area contributed by atoms with E-state index in [2.05, 4.69) is 0 Å². The molecule has 2 amide bonds. The summed E-state index contributed by atoms with van der Waals surface area (Å²) in [4.78, 5) is 25.7. The van der Waals surface area contributed by atoms with Crippen LogP contribution in [-0.4, -0.2) is 54.6 Å². The zero-order valence-electron chi connectivity index (χ0n) is 10.9. The van der Waals surface area contributed by atoms with E-state index in [9.17, 15) is 9.59 Å². The van der Waals surface area contributed by atoms with E-state index in [1.165, 1.54) is 4.90 Å². The Morgan fingerprint density at radius 2 is 1.78 bits per heavy atom. The van der Waals surface area contributed by atoms with Gasteiger partial charge in [0.1, 0.15) is 0 Å². The quantitative estimate of drug-likeness (QED) is 0.881. The first-order valence-electron chi connectivity index (χ1n) is 5.67. The largest absolute Gasteiger partial charge is 0.478 e. The Kier molecular flexibility index (Phi) is 4.71. The van der Waals surface area contributed by atoms with E-state index in [0.717, 1.165) is 5.56 Å². The molecule has 0 aliphatic carbocycles. The Morgan fingerprint density at radius 3 is 2.33 bits per heavy atom. The maximum Gasteiger partial charge on any atom is 0.335 e. The van der Waals surface area contributed by atoms with Crippen LogP contribution in [0.5, 0.6) is 0 Å². The summed E-state index contributed by atoms with van der Waals surface area (Å²) in [6.07, 6.45) is 0.526. The van der Waals surface area contributed by atoms with Crippen molar-refractivity contribution in [2.45, 2.75) is 6.42 Å². The first kappa shape index (κ1) is 14.0. The lowest BCUT2D eigenvalue weighted by molar-refractivity contribution is 0.0695. The molecule has 0 radical (unpaired) electrons. The van der Waals surface area contributed by atoms with Crippen molar-refractivity contribution in [3.8, 4) is 0 Å². The normalized spacial score (nSPS) is 9.94. The summed E-state index contributed by atoms with van der Waals surface area (Å²) in [5.74, 6) is -0.938. The van der Waals surface area contributed by atoms with Crippen molar-refractivity contribution >= 4 is 12.0 Å². The fraction of sp³-hybridized carbons (Fsp3) is 0.385. The zero-order chi connectivity index (χ0) is 13.7. The first-order valence-corrected chi connectivity index (χ1v) is 5.67. The van der Waals surface area contributed by atoms with Gasteiger partial charge >= 0.3 is 12.0 Å². The summed E-state index contributed by atoms with van der Waals surface area (Å²) in [6.45, 7) is 0.487. The van der Waals surface area contributed by atoms with Crippen molar-refractivity contribution in [2.24, 2.45) is 0 Å². The van der Waals surface area contributed by atoms with E-state index in [1.807, 2.05) is 0 Å². The van der Waals surface area contributed by atoms with Crippen LogP contribution in [-0.2, 0) is 6.42 Å². The van der Waals surface area contributed by atoms with E-state index in [4.69, 9.17) is 5.11 Å². The van der Waals surface area contributed by atoms with Gasteiger partial charge in [-0.15, -0.1) is 0 Å². The van der Waals surface area contributed by atoms with Crippen molar-refractivity contribution < 1.29 is 14.7 Å². The molecule has 0 aliphatic rings. The molecule has 0 saturated carbocycles. The van der Waals surface area contributed by atoms with E-state index < -0.39 is 5.97 Å². The number of likely N-dealkylation sites (N-methyl/N-ethyl adjacent to an activating group) is 1. The van der Waals surface area contributed by atoms with E-state index >= 15 is 0 Å². The highest BCUT2D eigenvalue weighted by Gasteiger charge is 2.13. The molecule has 1 aromatic carbocycles. The Balaban J connectivity index is 2.69. The minimum atomic E-state index is -0.938. The molecule has 1 aromatic rings. The molecule has 0 aromatic heterocycles. The Hall–Kier alpha value is -2.04. The van der Waals surface area contributed by atoms with Gasteiger partial charge in [-0.05, 0) is 18.1 Å². The van der Waals surface area contributed by atoms with Crippen molar-refractivity contribution in [3.63, 3.8) is 0 Å². The second-order valence-corrected chi connectivity index (χ2v) is 4.31. The SMILES string of the molecule is CN(C)C(=O)N(C)CCc1ccccc1C(=O)O. The number of carboxylic acids is 1. The summed E-state index contributed by atoms with van der Waals surface area (Å²) in [5, 5.41) is 9.04. The molecule has 0 unspecified atom stereocenters. The number of aromatic carboxylic acids is 1. The molecule has 0 atom stereocenters. The van der Waals surface area contributed by atoms with E-state index in [0.29, 0.717) is 18.5 Å². The Morgan fingerprint density at radius 1 is 1.17 bits per heavy atom. The van der Waals surface area contributed by atoms with Crippen LogP contribution in [0.25, 0.3) is 0 Å². The minimum Gasteiger partial charge on any atom is -0.478 e. The maximum atomic E-state index is 11.6. The highest BCUT2D eigenvalue weighted by Crippen LogP contribution is 2.10. The topological polar surface area (TPSA) is 60.9 Å². The number of hydrogen-bond acceptors (Lipinski definition) is 2. The van der Waals surface area contributed by atoms with Crippen molar-refractivity contribution in [2.75, 3.05) is 27.7 Å². The fourth-order valence-electron chi connectivity index (χ4n) is 1.67. The average molecular weight is 250 g/mol. The smallest absolute Gasteiger partial charge is 0.335 e. The van der Waals surface area contributed by atoms with E-state index in [1.54, 1.807) is 50.3 Å². The predicted octanol–water partition coefficient (Wildman–Crippen LogP) is 1.54. The second-order valence-electron chi connectivity index (χ2n) is 4.31. The third kappa shape index (κ3) is 3.48. The summed E-state index contributed by atoms with van der Waals surface area (Å²) in [5.41, 5.74) is 1.03. The molecule has 0 bridgehead atoms. The maximum absolute atomic E-state index is 11.6. The molecular formula is C13H18N2O3. The molecule has 0 fully saturated rings. The van der Waals surface area contributed by atoms with Crippen LogP contribution in [0, 0.1) is 0 Å². The number of hydrogen-bond donors (Lipinski definition) is 1. The summed E-state index contributed by atoms with van der Waals surface area (Å²) in [7, 11) is 5.07. The molecule has 0 aliphatic heterocycles. The lowest BCUT2D eigenvalue weighted by Gasteiger charge is -2.21. The average Bonchev–Trinajstić information content (AvgIpc) is 2.35. The van der Waals surface area contributed by atoms with Crippen LogP contribution < -0.4 is 0 Å². The van der Waals surface area contributed by atoms with Gasteiger partial charge in [0.15, 0.2) is 0 Å². The standard InChI is InChI=1S/C13H18N2O3/c1-14(2)13(18)15(3)9-8-10-6-4-5-7-11(10)12(16)17/h4-7H,8-9H2,1-3H3,(H,16,17). The number of carbonyl (C=O) groups excluding carboxylic acids is 1. The molecule has 98 valence electrons. The molecule has 1 N–H and O–H groups in total. The third-order valence-corrected chi connectivity index (χ3v) is 2.67. The molecule has 0 heterocycles. The molecule has 5 heteroatoms. The van der Waals surface area contributed by atoms with Gasteiger partial charge in [-0.1, -0.05) is 18.2 Å². The number of benzene rings is 1. The highest BCUT2D eigenvalue weighted by atomic mass is 16.4.